The highest BCUT2D eigenvalue weighted by Gasteiger charge is 2.34. The summed E-state index contributed by atoms with van der Waals surface area (Å²) in [6.45, 7) is 2.47. The summed E-state index contributed by atoms with van der Waals surface area (Å²) >= 11 is 0. The van der Waals surface area contributed by atoms with Crippen LogP contribution >= 0.6 is 0 Å². The molecule has 1 aromatic rings. The number of hydrogen-bond acceptors (Lipinski definition) is 2. The lowest BCUT2D eigenvalue weighted by Gasteiger charge is -2.11. The van der Waals surface area contributed by atoms with E-state index in [0.717, 1.165) is 0 Å². The van der Waals surface area contributed by atoms with Gasteiger partial charge >= 0.3 is 0 Å². The standard InChI is InChI=1S/C12H16N2/c1-2-5-10(6-3-1)11-9-14-8-4-7-12(14)13-11/h1-3,5-6,11-13H,4,7-9H2. The van der Waals surface area contributed by atoms with Gasteiger partial charge in [0, 0.05) is 12.6 Å². The van der Waals surface area contributed by atoms with E-state index < -0.39 is 0 Å². The van der Waals surface area contributed by atoms with Crippen LogP contribution in [0, 0.1) is 0 Å². The van der Waals surface area contributed by atoms with Crippen molar-refractivity contribution in [1.82, 2.24) is 10.2 Å². The van der Waals surface area contributed by atoms with Gasteiger partial charge in [0.1, 0.15) is 0 Å². The minimum absolute atomic E-state index is 0.557. The first kappa shape index (κ1) is 8.45. The second-order valence-corrected chi connectivity index (χ2v) is 4.28. The second kappa shape index (κ2) is 3.37. The summed E-state index contributed by atoms with van der Waals surface area (Å²) in [6, 6.07) is 11.3. The van der Waals surface area contributed by atoms with E-state index in [1.54, 1.807) is 0 Å². The molecule has 0 spiro atoms. The van der Waals surface area contributed by atoms with Crippen LogP contribution < -0.4 is 5.32 Å². The Balaban J connectivity index is 1.77. The molecule has 14 heavy (non-hydrogen) atoms. The number of nitrogens with zero attached hydrogens (tertiary/aromatic N) is 1. The molecule has 2 heteroatoms. The molecule has 2 saturated heterocycles. The van der Waals surface area contributed by atoms with E-state index in [0.29, 0.717) is 12.2 Å². The molecule has 0 saturated carbocycles. The van der Waals surface area contributed by atoms with E-state index in [1.807, 2.05) is 0 Å². The molecule has 2 atom stereocenters. The smallest absolute Gasteiger partial charge is 0.0603 e. The van der Waals surface area contributed by atoms with Crippen molar-refractivity contribution in [3.63, 3.8) is 0 Å². The molecule has 2 aliphatic rings. The lowest BCUT2D eigenvalue weighted by molar-refractivity contribution is 0.311. The monoisotopic (exact) mass is 188 g/mol. The van der Waals surface area contributed by atoms with E-state index in [-0.39, 0.29) is 0 Å². The number of fused-ring (bicyclic) bond motifs is 1. The molecule has 0 bridgehead atoms. The fraction of sp³-hybridized carbons (Fsp3) is 0.500. The van der Waals surface area contributed by atoms with Crippen molar-refractivity contribution in [3.8, 4) is 0 Å². The summed E-state index contributed by atoms with van der Waals surface area (Å²) in [5.41, 5.74) is 1.43. The fourth-order valence-corrected chi connectivity index (χ4v) is 2.64. The van der Waals surface area contributed by atoms with Gasteiger partial charge in [0.2, 0.25) is 0 Å². The molecule has 1 N–H and O–H groups in total. The van der Waals surface area contributed by atoms with E-state index in [4.69, 9.17) is 0 Å². The molecule has 2 unspecified atom stereocenters. The van der Waals surface area contributed by atoms with Crippen molar-refractivity contribution < 1.29 is 0 Å². The van der Waals surface area contributed by atoms with Crippen LogP contribution in [0.5, 0.6) is 0 Å². The van der Waals surface area contributed by atoms with Crippen LogP contribution in [0.2, 0.25) is 0 Å². The Labute approximate surface area is 84.9 Å². The zero-order valence-corrected chi connectivity index (χ0v) is 8.32. The minimum Gasteiger partial charge on any atom is -0.294 e. The quantitative estimate of drug-likeness (QED) is 0.722. The fourth-order valence-electron chi connectivity index (χ4n) is 2.64. The molecule has 2 fully saturated rings. The highest BCUT2D eigenvalue weighted by atomic mass is 15.4. The van der Waals surface area contributed by atoms with Crippen molar-refractivity contribution in [3.05, 3.63) is 35.9 Å². The minimum atomic E-state index is 0.557. The molecule has 3 rings (SSSR count). The molecular formula is C12H16N2. The summed E-state index contributed by atoms with van der Waals surface area (Å²) in [5, 5.41) is 3.70. The van der Waals surface area contributed by atoms with Gasteiger partial charge in [-0.25, -0.2) is 0 Å². The van der Waals surface area contributed by atoms with Gasteiger partial charge in [-0.05, 0) is 24.9 Å². The Bertz CT molecular complexity index is 297. The lowest BCUT2D eigenvalue weighted by atomic mass is 10.1. The lowest BCUT2D eigenvalue weighted by Crippen LogP contribution is -2.29. The molecule has 1 aromatic carbocycles. The van der Waals surface area contributed by atoms with E-state index in [9.17, 15) is 0 Å². The van der Waals surface area contributed by atoms with E-state index in [1.165, 1.54) is 31.5 Å². The molecule has 2 heterocycles. The number of hydrogen-bond donors (Lipinski definition) is 1. The van der Waals surface area contributed by atoms with Crippen molar-refractivity contribution in [2.24, 2.45) is 0 Å². The number of nitrogens with one attached hydrogen (secondary N) is 1. The normalized spacial score (nSPS) is 32.0. The van der Waals surface area contributed by atoms with Crippen molar-refractivity contribution >= 4 is 0 Å². The van der Waals surface area contributed by atoms with Gasteiger partial charge < -0.3 is 0 Å². The first-order valence-electron chi connectivity index (χ1n) is 5.48. The zero-order valence-electron chi connectivity index (χ0n) is 8.32. The average molecular weight is 188 g/mol. The maximum atomic E-state index is 3.70. The van der Waals surface area contributed by atoms with Crippen molar-refractivity contribution in [1.29, 1.82) is 0 Å². The summed E-state index contributed by atoms with van der Waals surface area (Å²) in [4.78, 5) is 2.57. The first-order valence-corrected chi connectivity index (χ1v) is 5.48. The molecule has 0 amide bonds. The molecule has 2 aliphatic heterocycles. The molecule has 2 nitrogen and oxygen atoms in total. The van der Waals surface area contributed by atoms with Crippen LogP contribution in [0.4, 0.5) is 0 Å². The van der Waals surface area contributed by atoms with Gasteiger partial charge in [-0.1, -0.05) is 30.3 Å². The number of benzene rings is 1. The maximum absolute atomic E-state index is 3.70. The third kappa shape index (κ3) is 1.35. The molecule has 0 aromatic heterocycles. The average Bonchev–Trinajstić information content (AvgIpc) is 2.78. The SMILES string of the molecule is c1ccc(C2CN3CCCC3N2)cc1. The first-order chi connectivity index (χ1) is 6.93. The van der Waals surface area contributed by atoms with Crippen LogP contribution in [0.1, 0.15) is 24.4 Å². The molecule has 0 aliphatic carbocycles. The largest absolute Gasteiger partial charge is 0.294 e. The highest BCUT2D eigenvalue weighted by molar-refractivity contribution is 5.21. The van der Waals surface area contributed by atoms with Gasteiger partial charge in [0.25, 0.3) is 0 Å². The Morgan fingerprint density at radius 2 is 2.07 bits per heavy atom. The molecule has 0 radical (unpaired) electrons. The van der Waals surface area contributed by atoms with Gasteiger partial charge in [-0.15, -0.1) is 0 Å². The second-order valence-electron chi connectivity index (χ2n) is 4.28. The predicted octanol–water partition coefficient (Wildman–Crippen LogP) is 1.75. The number of rotatable bonds is 1. The Kier molecular flexibility index (Phi) is 2.03. The van der Waals surface area contributed by atoms with Gasteiger partial charge in [0.15, 0.2) is 0 Å². The third-order valence-electron chi connectivity index (χ3n) is 3.38. The van der Waals surface area contributed by atoms with E-state index >= 15 is 0 Å². The van der Waals surface area contributed by atoms with Crippen molar-refractivity contribution in [2.75, 3.05) is 13.1 Å². The summed E-state index contributed by atoms with van der Waals surface area (Å²) in [5.74, 6) is 0. The topological polar surface area (TPSA) is 15.3 Å². The molecule has 74 valence electrons. The Hall–Kier alpha value is -0.860. The Morgan fingerprint density at radius 3 is 2.86 bits per heavy atom. The van der Waals surface area contributed by atoms with E-state index in [2.05, 4.69) is 40.5 Å². The van der Waals surface area contributed by atoms with Gasteiger partial charge in [0.05, 0.1) is 6.17 Å². The van der Waals surface area contributed by atoms with Crippen LogP contribution in [-0.2, 0) is 0 Å². The van der Waals surface area contributed by atoms with Crippen LogP contribution in [0.3, 0.4) is 0 Å². The zero-order chi connectivity index (χ0) is 9.38. The van der Waals surface area contributed by atoms with Crippen molar-refractivity contribution in [2.45, 2.75) is 25.0 Å². The van der Waals surface area contributed by atoms with Crippen LogP contribution in [0.15, 0.2) is 30.3 Å². The van der Waals surface area contributed by atoms with Gasteiger partial charge in [-0.2, -0.15) is 0 Å². The highest BCUT2D eigenvalue weighted by Crippen LogP contribution is 2.28. The molecular weight excluding hydrogens is 172 g/mol. The maximum Gasteiger partial charge on any atom is 0.0603 e. The van der Waals surface area contributed by atoms with Gasteiger partial charge in [-0.3, -0.25) is 10.2 Å². The predicted molar refractivity (Wildman–Crippen MR) is 56.9 cm³/mol. The van der Waals surface area contributed by atoms with Crippen LogP contribution in [-0.4, -0.2) is 24.2 Å². The van der Waals surface area contributed by atoms with Crippen LogP contribution in [0.25, 0.3) is 0 Å². The third-order valence-corrected chi connectivity index (χ3v) is 3.38. The summed E-state index contributed by atoms with van der Waals surface area (Å²) < 4.78 is 0. The summed E-state index contributed by atoms with van der Waals surface area (Å²) in [7, 11) is 0. The Morgan fingerprint density at radius 1 is 1.21 bits per heavy atom. The summed E-state index contributed by atoms with van der Waals surface area (Å²) in [6.07, 6.45) is 3.34.